The molecule has 0 fully saturated rings. The van der Waals surface area contributed by atoms with E-state index in [9.17, 15) is 10.2 Å². The molecule has 2 aromatic carbocycles. The van der Waals surface area contributed by atoms with Crippen molar-refractivity contribution in [2.45, 2.75) is 19.8 Å². The first-order valence-corrected chi connectivity index (χ1v) is 6.03. The Morgan fingerprint density at radius 3 is 2.50 bits per heavy atom. The Balaban J connectivity index is 2.43. The van der Waals surface area contributed by atoms with Crippen LogP contribution in [0.25, 0.3) is 21.8 Å². The van der Waals surface area contributed by atoms with Gasteiger partial charge < -0.3 is 15.2 Å². The molecule has 3 rings (SSSR count). The van der Waals surface area contributed by atoms with Gasteiger partial charge in [0.2, 0.25) is 0 Å². The van der Waals surface area contributed by atoms with Crippen molar-refractivity contribution in [1.82, 2.24) is 4.98 Å². The molecular weight excluding hydrogens is 226 g/mol. The molecule has 0 radical (unpaired) electrons. The number of phenolic OH excluding ortho intramolecular Hbond substituents is 2. The highest BCUT2D eigenvalue weighted by Gasteiger charge is 2.11. The van der Waals surface area contributed by atoms with Crippen molar-refractivity contribution < 1.29 is 10.2 Å². The van der Waals surface area contributed by atoms with Gasteiger partial charge in [-0.2, -0.15) is 0 Å². The first kappa shape index (κ1) is 11.0. The van der Waals surface area contributed by atoms with Gasteiger partial charge in [-0.3, -0.25) is 0 Å². The van der Waals surface area contributed by atoms with Crippen LogP contribution in [0.4, 0.5) is 0 Å². The maximum absolute atomic E-state index is 9.99. The summed E-state index contributed by atoms with van der Waals surface area (Å²) in [6, 6.07) is 9.19. The average molecular weight is 241 g/mol. The number of aromatic hydroxyl groups is 2. The highest BCUT2D eigenvalue weighted by molar-refractivity contribution is 6.10. The standard InChI is InChI=1S/C15H15NO2/c1-8(2)9-3-4-12-11(5-9)15-13(16-12)6-10(17)7-14(15)18/h3-8,16-18H,1-2H3. The molecule has 18 heavy (non-hydrogen) atoms. The van der Waals surface area contributed by atoms with Gasteiger partial charge >= 0.3 is 0 Å². The molecule has 1 aromatic heterocycles. The van der Waals surface area contributed by atoms with Crippen LogP contribution in [0.2, 0.25) is 0 Å². The summed E-state index contributed by atoms with van der Waals surface area (Å²) in [7, 11) is 0. The van der Waals surface area contributed by atoms with Crippen molar-refractivity contribution in [2.24, 2.45) is 0 Å². The van der Waals surface area contributed by atoms with Gasteiger partial charge in [0.05, 0.1) is 5.52 Å². The molecule has 3 nitrogen and oxygen atoms in total. The van der Waals surface area contributed by atoms with Crippen molar-refractivity contribution in [3.8, 4) is 11.5 Å². The fraction of sp³-hybridized carbons (Fsp3) is 0.200. The smallest absolute Gasteiger partial charge is 0.129 e. The van der Waals surface area contributed by atoms with Crippen LogP contribution < -0.4 is 0 Å². The topological polar surface area (TPSA) is 56.2 Å². The van der Waals surface area contributed by atoms with E-state index in [1.165, 1.54) is 11.6 Å². The largest absolute Gasteiger partial charge is 0.508 e. The van der Waals surface area contributed by atoms with Crippen LogP contribution in [0.15, 0.2) is 30.3 Å². The van der Waals surface area contributed by atoms with E-state index in [0.717, 1.165) is 21.8 Å². The van der Waals surface area contributed by atoms with E-state index < -0.39 is 0 Å². The van der Waals surface area contributed by atoms with E-state index in [-0.39, 0.29) is 11.5 Å². The molecule has 0 atom stereocenters. The summed E-state index contributed by atoms with van der Waals surface area (Å²) in [5, 5.41) is 21.3. The number of aromatic amines is 1. The van der Waals surface area contributed by atoms with Crippen molar-refractivity contribution in [2.75, 3.05) is 0 Å². The molecule has 0 aliphatic heterocycles. The predicted octanol–water partition coefficient (Wildman–Crippen LogP) is 3.86. The number of rotatable bonds is 1. The Morgan fingerprint density at radius 2 is 1.78 bits per heavy atom. The van der Waals surface area contributed by atoms with Crippen molar-refractivity contribution in [1.29, 1.82) is 0 Å². The van der Waals surface area contributed by atoms with Crippen LogP contribution in [0.1, 0.15) is 25.3 Å². The third-order valence-electron chi connectivity index (χ3n) is 3.35. The second-order valence-corrected chi connectivity index (χ2v) is 4.97. The maximum atomic E-state index is 9.99. The molecule has 0 aliphatic carbocycles. The van der Waals surface area contributed by atoms with E-state index >= 15 is 0 Å². The van der Waals surface area contributed by atoms with Gasteiger partial charge in [0.1, 0.15) is 11.5 Å². The van der Waals surface area contributed by atoms with Crippen molar-refractivity contribution in [3.05, 3.63) is 35.9 Å². The Hall–Kier alpha value is -2.16. The summed E-state index contributed by atoms with van der Waals surface area (Å²) in [6.45, 7) is 4.28. The van der Waals surface area contributed by atoms with Crippen molar-refractivity contribution in [3.63, 3.8) is 0 Å². The molecular formula is C15H15NO2. The van der Waals surface area contributed by atoms with E-state index in [2.05, 4.69) is 31.0 Å². The fourth-order valence-electron chi connectivity index (χ4n) is 2.38. The number of benzene rings is 2. The molecule has 0 amide bonds. The summed E-state index contributed by atoms with van der Waals surface area (Å²) >= 11 is 0. The quantitative estimate of drug-likeness (QED) is 0.606. The molecule has 1 heterocycles. The fourth-order valence-corrected chi connectivity index (χ4v) is 2.38. The lowest BCUT2D eigenvalue weighted by Crippen LogP contribution is -1.85. The number of hydrogen-bond acceptors (Lipinski definition) is 2. The second-order valence-electron chi connectivity index (χ2n) is 4.97. The average Bonchev–Trinajstić information content (AvgIpc) is 2.65. The van der Waals surface area contributed by atoms with Gasteiger partial charge in [-0.1, -0.05) is 19.9 Å². The lowest BCUT2D eigenvalue weighted by Gasteiger charge is -2.05. The van der Waals surface area contributed by atoms with E-state index in [1.807, 2.05) is 6.07 Å². The van der Waals surface area contributed by atoms with Crippen LogP contribution in [-0.4, -0.2) is 15.2 Å². The minimum Gasteiger partial charge on any atom is -0.508 e. The monoisotopic (exact) mass is 241 g/mol. The lowest BCUT2D eigenvalue weighted by molar-refractivity contribution is 0.455. The third-order valence-corrected chi connectivity index (χ3v) is 3.35. The summed E-state index contributed by atoms with van der Waals surface area (Å²) in [6.07, 6.45) is 0. The molecule has 3 N–H and O–H groups in total. The van der Waals surface area contributed by atoms with Gasteiger partial charge in [-0.05, 0) is 23.6 Å². The Labute approximate surface area is 105 Å². The van der Waals surface area contributed by atoms with Gasteiger partial charge in [0.25, 0.3) is 0 Å². The summed E-state index contributed by atoms with van der Waals surface area (Å²) < 4.78 is 0. The van der Waals surface area contributed by atoms with Crippen LogP contribution in [-0.2, 0) is 0 Å². The molecule has 3 aromatic rings. The number of fused-ring (bicyclic) bond motifs is 3. The summed E-state index contributed by atoms with van der Waals surface area (Å²) in [5.41, 5.74) is 2.95. The van der Waals surface area contributed by atoms with E-state index in [0.29, 0.717) is 5.92 Å². The molecule has 0 aliphatic rings. The Morgan fingerprint density at radius 1 is 1.00 bits per heavy atom. The maximum Gasteiger partial charge on any atom is 0.129 e. The first-order valence-electron chi connectivity index (χ1n) is 6.03. The van der Waals surface area contributed by atoms with Gasteiger partial charge in [0, 0.05) is 28.4 Å². The van der Waals surface area contributed by atoms with Crippen LogP contribution in [0, 0.1) is 0 Å². The second kappa shape index (κ2) is 3.67. The third kappa shape index (κ3) is 1.51. The number of nitrogens with one attached hydrogen (secondary N) is 1. The molecule has 0 saturated carbocycles. The van der Waals surface area contributed by atoms with Gasteiger partial charge in [-0.25, -0.2) is 0 Å². The highest BCUT2D eigenvalue weighted by Crippen LogP contribution is 2.36. The zero-order chi connectivity index (χ0) is 12.9. The number of H-pyrrole nitrogens is 1. The van der Waals surface area contributed by atoms with Crippen LogP contribution in [0.3, 0.4) is 0 Å². The summed E-state index contributed by atoms with van der Waals surface area (Å²) in [4.78, 5) is 3.21. The zero-order valence-corrected chi connectivity index (χ0v) is 10.4. The molecule has 0 spiro atoms. The van der Waals surface area contributed by atoms with Gasteiger partial charge in [-0.15, -0.1) is 0 Å². The zero-order valence-electron chi connectivity index (χ0n) is 10.4. The predicted molar refractivity (Wildman–Crippen MR) is 73.2 cm³/mol. The lowest BCUT2D eigenvalue weighted by atomic mass is 10.0. The van der Waals surface area contributed by atoms with Gasteiger partial charge in [0.15, 0.2) is 0 Å². The van der Waals surface area contributed by atoms with E-state index in [1.54, 1.807) is 6.07 Å². The number of aromatic nitrogens is 1. The minimum atomic E-state index is 0.0654. The number of hydrogen-bond donors (Lipinski definition) is 3. The molecule has 0 bridgehead atoms. The van der Waals surface area contributed by atoms with Crippen molar-refractivity contribution >= 4 is 21.8 Å². The van der Waals surface area contributed by atoms with Crippen LogP contribution in [0.5, 0.6) is 11.5 Å². The van der Waals surface area contributed by atoms with E-state index in [4.69, 9.17) is 0 Å². The molecule has 92 valence electrons. The number of phenols is 2. The minimum absolute atomic E-state index is 0.0654. The van der Waals surface area contributed by atoms with Crippen LogP contribution >= 0.6 is 0 Å². The Bertz CT molecular complexity index is 741. The first-order chi connectivity index (χ1) is 8.56. The highest BCUT2D eigenvalue weighted by atomic mass is 16.3. The normalized spacial score (nSPS) is 11.7. The summed E-state index contributed by atoms with van der Waals surface area (Å²) in [5.74, 6) is 0.617. The SMILES string of the molecule is CC(C)c1ccc2[nH]c3cc(O)cc(O)c3c2c1. The Kier molecular flexibility index (Phi) is 2.23. The molecule has 0 saturated heterocycles. The molecule has 0 unspecified atom stereocenters. The molecule has 3 heteroatoms.